The summed E-state index contributed by atoms with van der Waals surface area (Å²) in [5, 5.41) is 18.7. The van der Waals surface area contributed by atoms with Crippen molar-refractivity contribution in [3.05, 3.63) is 53.4 Å². The summed E-state index contributed by atoms with van der Waals surface area (Å²) in [4.78, 5) is 7.95. The third-order valence-corrected chi connectivity index (χ3v) is 4.85. The molecular weight excluding hydrogens is 338 g/mol. The van der Waals surface area contributed by atoms with Gasteiger partial charge in [0, 0.05) is 19.2 Å². The highest BCUT2D eigenvalue weighted by atomic mass is 16.3. The maximum Gasteiger partial charge on any atom is 0.173 e. The minimum atomic E-state index is 0.118. The number of nitrogens with zero attached hydrogens (tertiary/aromatic N) is 3. The van der Waals surface area contributed by atoms with Crippen molar-refractivity contribution in [2.75, 3.05) is 13.1 Å². The zero-order chi connectivity index (χ0) is 19.0. The Balaban J connectivity index is 1.78. The van der Waals surface area contributed by atoms with E-state index in [2.05, 4.69) is 33.0 Å². The highest BCUT2D eigenvalue weighted by Gasteiger charge is 2.22. The summed E-state index contributed by atoms with van der Waals surface area (Å²) in [5.41, 5.74) is 6.12. The highest BCUT2D eigenvalue weighted by molar-refractivity contribution is 5.77. The number of benzene rings is 1. The molecule has 1 aliphatic heterocycles. The summed E-state index contributed by atoms with van der Waals surface area (Å²) >= 11 is 0. The first-order valence-electron chi connectivity index (χ1n) is 9.03. The van der Waals surface area contributed by atoms with E-state index in [0.717, 1.165) is 42.0 Å². The van der Waals surface area contributed by atoms with Gasteiger partial charge in [-0.05, 0) is 32.0 Å². The molecule has 4 rings (SSSR count). The number of aryl methyl sites for hydroxylation is 2. The van der Waals surface area contributed by atoms with Gasteiger partial charge in [0.2, 0.25) is 0 Å². The smallest absolute Gasteiger partial charge is 0.173 e. The first kappa shape index (κ1) is 17.3. The Bertz CT molecular complexity index is 1020. The minimum Gasteiger partial charge on any atom is -0.504 e. The van der Waals surface area contributed by atoms with E-state index in [1.165, 1.54) is 5.57 Å². The van der Waals surface area contributed by atoms with Gasteiger partial charge in [-0.3, -0.25) is 4.68 Å². The average Bonchev–Trinajstić information content (AvgIpc) is 3.36. The SMILES string of the molecule is C=Cc1nc(-c2c(O)c(-c3ccc(C)cc3)nn2C)[nH]c1/C=C1\CCNC1. The molecule has 0 atom stereocenters. The molecule has 1 aromatic carbocycles. The van der Waals surface area contributed by atoms with Crippen molar-refractivity contribution in [1.82, 2.24) is 25.1 Å². The van der Waals surface area contributed by atoms with Gasteiger partial charge in [-0.2, -0.15) is 5.10 Å². The lowest BCUT2D eigenvalue weighted by Gasteiger charge is -1.99. The molecule has 0 amide bonds. The van der Waals surface area contributed by atoms with Crippen LogP contribution in [-0.2, 0) is 7.05 Å². The molecule has 6 heteroatoms. The lowest BCUT2D eigenvalue weighted by Crippen LogP contribution is -2.04. The molecule has 0 unspecified atom stereocenters. The van der Waals surface area contributed by atoms with Crippen LogP contribution in [0.25, 0.3) is 34.9 Å². The fraction of sp³-hybridized carbons (Fsp3) is 0.238. The Morgan fingerprint density at radius 1 is 1.26 bits per heavy atom. The Kier molecular flexibility index (Phi) is 4.41. The largest absolute Gasteiger partial charge is 0.504 e. The van der Waals surface area contributed by atoms with Gasteiger partial charge in [-0.25, -0.2) is 4.98 Å². The predicted octanol–water partition coefficient (Wildman–Crippen LogP) is 3.51. The van der Waals surface area contributed by atoms with Crippen molar-refractivity contribution in [3.8, 4) is 28.5 Å². The molecule has 3 N–H and O–H groups in total. The molecule has 0 radical (unpaired) electrons. The van der Waals surface area contributed by atoms with Crippen molar-refractivity contribution in [2.24, 2.45) is 7.05 Å². The average molecular weight is 361 g/mol. The van der Waals surface area contributed by atoms with E-state index in [-0.39, 0.29) is 5.75 Å². The summed E-state index contributed by atoms with van der Waals surface area (Å²) in [6.07, 6.45) is 4.87. The van der Waals surface area contributed by atoms with E-state index in [4.69, 9.17) is 0 Å². The molecule has 1 fully saturated rings. The van der Waals surface area contributed by atoms with Crippen LogP contribution >= 0.6 is 0 Å². The standard InChI is InChI=1S/C21H23N5O/c1-4-16-17(11-14-9-10-22-12-14)24-21(23-16)19-20(27)18(25-26(19)3)15-7-5-13(2)6-8-15/h4-8,11,22,27H,1,9-10,12H2,2-3H3,(H,23,24)/b14-11+. The predicted molar refractivity (Wildman–Crippen MR) is 108 cm³/mol. The molecule has 0 saturated carbocycles. The van der Waals surface area contributed by atoms with Crippen molar-refractivity contribution in [2.45, 2.75) is 13.3 Å². The number of H-pyrrole nitrogens is 1. The van der Waals surface area contributed by atoms with Crippen molar-refractivity contribution < 1.29 is 5.11 Å². The Hall–Kier alpha value is -3.12. The Morgan fingerprint density at radius 3 is 2.70 bits per heavy atom. The summed E-state index contributed by atoms with van der Waals surface area (Å²) in [5.74, 6) is 0.695. The number of aromatic hydroxyl groups is 1. The fourth-order valence-corrected chi connectivity index (χ4v) is 3.38. The molecular formula is C21H23N5O. The van der Waals surface area contributed by atoms with E-state index in [1.807, 2.05) is 38.2 Å². The summed E-state index contributed by atoms with van der Waals surface area (Å²) in [7, 11) is 1.81. The third kappa shape index (κ3) is 3.19. The molecule has 2 aromatic heterocycles. The van der Waals surface area contributed by atoms with Crippen LogP contribution in [0.3, 0.4) is 0 Å². The van der Waals surface area contributed by atoms with Gasteiger partial charge in [0.25, 0.3) is 0 Å². The maximum atomic E-state index is 10.8. The van der Waals surface area contributed by atoms with Crippen LogP contribution in [0.2, 0.25) is 0 Å². The lowest BCUT2D eigenvalue weighted by molar-refractivity contribution is 0.478. The van der Waals surface area contributed by atoms with Gasteiger partial charge < -0.3 is 15.4 Å². The zero-order valence-corrected chi connectivity index (χ0v) is 15.6. The van der Waals surface area contributed by atoms with Gasteiger partial charge in [0.1, 0.15) is 11.4 Å². The number of aromatic nitrogens is 4. The zero-order valence-electron chi connectivity index (χ0n) is 15.6. The number of imidazole rings is 1. The molecule has 3 aromatic rings. The minimum absolute atomic E-state index is 0.118. The molecule has 1 saturated heterocycles. The van der Waals surface area contributed by atoms with Gasteiger partial charge in [-0.15, -0.1) is 0 Å². The van der Waals surface area contributed by atoms with Crippen LogP contribution < -0.4 is 5.32 Å². The van der Waals surface area contributed by atoms with Crippen LogP contribution in [0.4, 0.5) is 0 Å². The van der Waals surface area contributed by atoms with Gasteiger partial charge >= 0.3 is 0 Å². The molecule has 0 bridgehead atoms. The van der Waals surface area contributed by atoms with E-state index >= 15 is 0 Å². The van der Waals surface area contributed by atoms with Crippen LogP contribution in [0, 0.1) is 6.92 Å². The molecule has 138 valence electrons. The normalized spacial score (nSPS) is 15.6. The number of rotatable bonds is 4. The monoisotopic (exact) mass is 361 g/mol. The number of nitrogens with one attached hydrogen (secondary N) is 2. The van der Waals surface area contributed by atoms with E-state index < -0.39 is 0 Å². The molecule has 6 nitrogen and oxygen atoms in total. The second kappa shape index (κ2) is 6.89. The third-order valence-electron chi connectivity index (χ3n) is 4.85. The van der Waals surface area contributed by atoms with E-state index in [9.17, 15) is 5.11 Å². The van der Waals surface area contributed by atoms with Crippen molar-refractivity contribution in [3.63, 3.8) is 0 Å². The van der Waals surface area contributed by atoms with Crippen molar-refractivity contribution in [1.29, 1.82) is 0 Å². The molecule has 3 heterocycles. The highest BCUT2D eigenvalue weighted by Crippen LogP contribution is 2.37. The topological polar surface area (TPSA) is 78.8 Å². The van der Waals surface area contributed by atoms with Crippen LogP contribution in [0.5, 0.6) is 5.75 Å². The second-order valence-electron chi connectivity index (χ2n) is 6.85. The summed E-state index contributed by atoms with van der Waals surface area (Å²) < 4.78 is 1.66. The summed E-state index contributed by atoms with van der Waals surface area (Å²) in [6, 6.07) is 7.93. The second-order valence-corrected chi connectivity index (χ2v) is 6.85. The number of hydrogen-bond donors (Lipinski definition) is 3. The Morgan fingerprint density at radius 2 is 2.04 bits per heavy atom. The molecule has 0 aliphatic carbocycles. The van der Waals surface area contributed by atoms with Gasteiger partial charge in [0.15, 0.2) is 11.6 Å². The first-order chi connectivity index (χ1) is 13.1. The molecule has 1 aliphatic rings. The van der Waals surface area contributed by atoms with Crippen molar-refractivity contribution >= 4 is 12.2 Å². The Labute approximate surface area is 158 Å². The van der Waals surface area contributed by atoms with E-state index in [0.29, 0.717) is 17.2 Å². The molecule has 0 spiro atoms. The summed E-state index contributed by atoms with van der Waals surface area (Å²) in [6.45, 7) is 7.78. The maximum absolute atomic E-state index is 10.8. The van der Waals surface area contributed by atoms with Gasteiger partial charge in [0.05, 0.1) is 11.4 Å². The van der Waals surface area contributed by atoms with Gasteiger partial charge in [-0.1, -0.05) is 42.0 Å². The number of aromatic amines is 1. The van der Waals surface area contributed by atoms with Crippen LogP contribution in [-0.4, -0.2) is 37.9 Å². The number of hydrogen-bond acceptors (Lipinski definition) is 4. The fourth-order valence-electron chi connectivity index (χ4n) is 3.38. The van der Waals surface area contributed by atoms with Crippen LogP contribution in [0.15, 0.2) is 36.4 Å². The quantitative estimate of drug-likeness (QED) is 0.664. The van der Waals surface area contributed by atoms with E-state index in [1.54, 1.807) is 10.8 Å². The molecule has 27 heavy (non-hydrogen) atoms. The first-order valence-corrected chi connectivity index (χ1v) is 9.03. The lowest BCUT2D eigenvalue weighted by atomic mass is 10.1. The van der Waals surface area contributed by atoms with Crippen LogP contribution in [0.1, 0.15) is 23.4 Å².